The number of benzene rings is 2. The third-order valence-corrected chi connectivity index (χ3v) is 4.95. The monoisotopic (exact) mass is 399 g/mol. The first-order valence-electron chi connectivity index (χ1n) is 8.85. The molecule has 1 aromatic heterocycles. The number of para-hydroxylation sites is 1. The molecule has 1 heterocycles. The second-order valence-corrected chi connectivity index (χ2v) is 7.74. The van der Waals surface area contributed by atoms with Crippen LogP contribution in [0.15, 0.2) is 48.5 Å². The molecule has 0 saturated heterocycles. The molecule has 0 fully saturated rings. The molecule has 0 spiro atoms. The molecule has 0 aliphatic carbocycles. The van der Waals surface area contributed by atoms with E-state index in [0.717, 1.165) is 22.7 Å². The first-order chi connectivity index (χ1) is 13.4. The number of carbonyl (C=O) groups is 1. The van der Waals surface area contributed by atoms with Gasteiger partial charge in [0.15, 0.2) is 5.13 Å². The summed E-state index contributed by atoms with van der Waals surface area (Å²) in [7, 11) is 3.93. The van der Waals surface area contributed by atoms with Gasteiger partial charge >= 0.3 is 0 Å². The fourth-order valence-corrected chi connectivity index (χ4v) is 3.44. The van der Waals surface area contributed by atoms with Crippen LogP contribution in [0.3, 0.4) is 0 Å². The average molecular weight is 399 g/mol. The van der Waals surface area contributed by atoms with Crippen LogP contribution in [-0.2, 0) is 0 Å². The number of rotatable bonds is 7. The maximum atomic E-state index is 13.1. The van der Waals surface area contributed by atoms with Crippen molar-refractivity contribution < 1.29 is 13.9 Å². The van der Waals surface area contributed by atoms with Crippen molar-refractivity contribution in [3.8, 4) is 17.0 Å². The lowest BCUT2D eigenvalue weighted by atomic mass is 10.1. The van der Waals surface area contributed by atoms with Gasteiger partial charge in [-0.05, 0) is 57.4 Å². The molecule has 0 aliphatic rings. The predicted octanol–water partition coefficient (Wildman–Crippen LogP) is 4.45. The van der Waals surface area contributed by atoms with E-state index in [0.29, 0.717) is 23.1 Å². The van der Waals surface area contributed by atoms with Crippen LogP contribution in [0.1, 0.15) is 15.2 Å². The van der Waals surface area contributed by atoms with E-state index < -0.39 is 0 Å². The van der Waals surface area contributed by atoms with Crippen molar-refractivity contribution in [2.24, 2.45) is 0 Å². The molecule has 28 heavy (non-hydrogen) atoms. The quantitative estimate of drug-likeness (QED) is 0.638. The second kappa shape index (κ2) is 8.95. The summed E-state index contributed by atoms with van der Waals surface area (Å²) >= 11 is 1.38. The Morgan fingerprint density at radius 2 is 1.89 bits per heavy atom. The largest absolute Gasteiger partial charge is 0.491 e. The van der Waals surface area contributed by atoms with E-state index in [1.54, 1.807) is 30.3 Å². The Kier molecular flexibility index (Phi) is 6.38. The third kappa shape index (κ3) is 4.94. The minimum Gasteiger partial charge on any atom is -0.491 e. The third-order valence-electron chi connectivity index (χ3n) is 4.06. The summed E-state index contributed by atoms with van der Waals surface area (Å²) in [4.78, 5) is 20.2. The maximum absolute atomic E-state index is 13.1. The van der Waals surface area contributed by atoms with E-state index in [9.17, 15) is 9.18 Å². The van der Waals surface area contributed by atoms with Crippen LogP contribution < -0.4 is 10.1 Å². The van der Waals surface area contributed by atoms with Gasteiger partial charge in [-0.15, -0.1) is 11.3 Å². The fraction of sp³-hybridized carbons (Fsp3) is 0.238. The van der Waals surface area contributed by atoms with Crippen molar-refractivity contribution >= 4 is 22.4 Å². The summed E-state index contributed by atoms with van der Waals surface area (Å²) in [6.45, 7) is 3.16. The topological polar surface area (TPSA) is 54.5 Å². The van der Waals surface area contributed by atoms with Crippen LogP contribution in [0.5, 0.6) is 5.75 Å². The summed E-state index contributed by atoms with van der Waals surface area (Å²) in [6.07, 6.45) is 0. The molecule has 7 heteroatoms. The van der Waals surface area contributed by atoms with Gasteiger partial charge in [0, 0.05) is 17.0 Å². The number of thiazole rings is 1. The first kappa shape index (κ1) is 20.0. The highest BCUT2D eigenvalue weighted by molar-refractivity contribution is 7.16. The number of carbonyl (C=O) groups excluding carboxylic acids is 1. The minimum absolute atomic E-state index is 0.278. The van der Waals surface area contributed by atoms with Crippen LogP contribution in [0.2, 0.25) is 0 Å². The number of halogens is 1. The standard InChI is InChI=1S/C21H22FN3O2S/c1-14-19(15-8-10-16(22)11-9-15)23-21(28-14)24-20(26)17-6-4-5-7-18(17)27-13-12-25(2)3/h4-11H,12-13H2,1-3H3,(H,23,24,26). The lowest BCUT2D eigenvalue weighted by Crippen LogP contribution is -2.20. The molecule has 1 N–H and O–H groups in total. The molecular weight excluding hydrogens is 377 g/mol. The number of nitrogens with one attached hydrogen (secondary N) is 1. The van der Waals surface area contributed by atoms with Crippen LogP contribution in [0.4, 0.5) is 9.52 Å². The number of amides is 1. The number of aryl methyl sites for hydroxylation is 1. The van der Waals surface area contributed by atoms with Gasteiger partial charge in [-0.25, -0.2) is 9.37 Å². The number of likely N-dealkylation sites (N-methyl/N-ethyl adjacent to an activating group) is 1. The highest BCUT2D eigenvalue weighted by atomic mass is 32.1. The Morgan fingerprint density at radius 3 is 2.61 bits per heavy atom. The van der Waals surface area contributed by atoms with Gasteiger partial charge in [-0.1, -0.05) is 12.1 Å². The van der Waals surface area contributed by atoms with E-state index in [1.165, 1.54) is 23.5 Å². The predicted molar refractivity (Wildman–Crippen MR) is 111 cm³/mol. The molecule has 5 nitrogen and oxygen atoms in total. The molecule has 0 atom stereocenters. The van der Waals surface area contributed by atoms with Gasteiger partial charge in [0.2, 0.25) is 0 Å². The van der Waals surface area contributed by atoms with Gasteiger partial charge in [0.25, 0.3) is 5.91 Å². The van der Waals surface area contributed by atoms with Gasteiger partial charge in [0.1, 0.15) is 18.2 Å². The normalized spacial score (nSPS) is 10.9. The summed E-state index contributed by atoms with van der Waals surface area (Å²) in [5.41, 5.74) is 2.00. The molecule has 1 amide bonds. The van der Waals surface area contributed by atoms with Crippen molar-refractivity contribution in [3.63, 3.8) is 0 Å². The van der Waals surface area contributed by atoms with E-state index >= 15 is 0 Å². The molecule has 146 valence electrons. The summed E-state index contributed by atoms with van der Waals surface area (Å²) in [6, 6.07) is 13.3. The van der Waals surface area contributed by atoms with E-state index in [4.69, 9.17) is 4.74 Å². The van der Waals surface area contributed by atoms with E-state index in [-0.39, 0.29) is 11.7 Å². The molecule has 0 bridgehead atoms. The number of hydrogen-bond acceptors (Lipinski definition) is 5. The average Bonchev–Trinajstić information content (AvgIpc) is 3.02. The Morgan fingerprint density at radius 1 is 1.18 bits per heavy atom. The zero-order chi connectivity index (χ0) is 20.1. The number of aromatic nitrogens is 1. The Bertz CT molecular complexity index is 955. The Hall–Kier alpha value is -2.77. The van der Waals surface area contributed by atoms with Crippen LogP contribution in [-0.4, -0.2) is 43.0 Å². The number of hydrogen-bond donors (Lipinski definition) is 1. The minimum atomic E-state index is -0.295. The molecule has 0 saturated carbocycles. The smallest absolute Gasteiger partial charge is 0.261 e. The molecule has 3 aromatic rings. The summed E-state index contributed by atoms with van der Waals surface area (Å²) < 4.78 is 18.9. The van der Waals surface area contributed by atoms with Crippen LogP contribution >= 0.6 is 11.3 Å². The van der Waals surface area contributed by atoms with Gasteiger partial charge in [-0.3, -0.25) is 10.1 Å². The first-order valence-corrected chi connectivity index (χ1v) is 9.67. The number of anilines is 1. The highest BCUT2D eigenvalue weighted by Gasteiger charge is 2.16. The molecule has 0 aliphatic heterocycles. The number of nitrogens with zero attached hydrogens (tertiary/aromatic N) is 2. The zero-order valence-corrected chi connectivity index (χ0v) is 16.8. The van der Waals surface area contributed by atoms with E-state index in [2.05, 4.69) is 10.3 Å². The molecule has 2 aromatic carbocycles. The lowest BCUT2D eigenvalue weighted by Gasteiger charge is -2.13. The Balaban J connectivity index is 1.75. The van der Waals surface area contributed by atoms with Crippen molar-refractivity contribution in [1.29, 1.82) is 0 Å². The zero-order valence-electron chi connectivity index (χ0n) is 16.0. The summed E-state index contributed by atoms with van der Waals surface area (Å²) in [5, 5.41) is 3.33. The summed E-state index contributed by atoms with van der Waals surface area (Å²) in [5.74, 6) is -0.0372. The van der Waals surface area contributed by atoms with Gasteiger partial charge < -0.3 is 9.64 Å². The van der Waals surface area contributed by atoms with Gasteiger partial charge in [0.05, 0.1) is 11.3 Å². The molecular formula is C21H22FN3O2S. The SMILES string of the molecule is Cc1sc(NC(=O)c2ccccc2OCCN(C)C)nc1-c1ccc(F)cc1. The lowest BCUT2D eigenvalue weighted by molar-refractivity contribution is 0.102. The van der Waals surface area contributed by atoms with Crippen LogP contribution in [0, 0.1) is 12.7 Å². The van der Waals surface area contributed by atoms with Gasteiger partial charge in [-0.2, -0.15) is 0 Å². The maximum Gasteiger partial charge on any atom is 0.261 e. The van der Waals surface area contributed by atoms with Crippen molar-refractivity contribution in [3.05, 3.63) is 64.8 Å². The molecule has 0 unspecified atom stereocenters. The second-order valence-electron chi connectivity index (χ2n) is 6.53. The Labute approximate surface area is 167 Å². The fourth-order valence-electron chi connectivity index (χ4n) is 2.61. The van der Waals surface area contributed by atoms with Crippen molar-refractivity contribution in [2.75, 3.05) is 32.6 Å². The highest BCUT2D eigenvalue weighted by Crippen LogP contribution is 2.31. The molecule has 3 rings (SSSR count). The van der Waals surface area contributed by atoms with Crippen molar-refractivity contribution in [2.45, 2.75) is 6.92 Å². The van der Waals surface area contributed by atoms with Crippen molar-refractivity contribution in [1.82, 2.24) is 9.88 Å². The van der Waals surface area contributed by atoms with E-state index in [1.807, 2.05) is 32.0 Å². The number of ether oxygens (including phenoxy) is 1. The van der Waals surface area contributed by atoms with Crippen LogP contribution in [0.25, 0.3) is 11.3 Å². The molecule has 0 radical (unpaired) electrons.